The van der Waals surface area contributed by atoms with Crippen LogP contribution in [0.1, 0.15) is 23.6 Å². The van der Waals surface area contributed by atoms with Gasteiger partial charge >= 0.3 is 6.03 Å². The topological polar surface area (TPSA) is 158 Å². The number of carbonyl (C=O) groups is 2. The number of fused-ring (bicyclic) bond motifs is 1. The van der Waals surface area contributed by atoms with E-state index in [0.29, 0.717) is 17.4 Å². The first-order valence-corrected chi connectivity index (χ1v) is 18.0. The molecule has 15 heteroatoms. The third kappa shape index (κ3) is 5.62. The number of urea groups is 1. The molecule has 0 aliphatic carbocycles. The minimum Gasteiger partial charge on any atom is -0.495 e. The maximum Gasteiger partial charge on any atom is 0.318 e. The van der Waals surface area contributed by atoms with E-state index in [1.54, 1.807) is 30.0 Å². The lowest BCUT2D eigenvalue weighted by Crippen LogP contribution is -2.74. The second-order valence-corrected chi connectivity index (χ2v) is 14.8. The van der Waals surface area contributed by atoms with Crippen molar-refractivity contribution in [1.82, 2.24) is 25.0 Å². The van der Waals surface area contributed by atoms with Gasteiger partial charge in [0.2, 0.25) is 5.88 Å². The second kappa shape index (κ2) is 13.2. The predicted molar refractivity (Wildman–Crippen MR) is 181 cm³/mol. The van der Waals surface area contributed by atoms with Gasteiger partial charge in [-0.15, -0.1) is 0 Å². The number of hydrogen-bond acceptors (Lipinski definition) is 11. The van der Waals surface area contributed by atoms with Crippen LogP contribution in [-0.4, -0.2) is 119 Å². The quantitative estimate of drug-likeness (QED) is 0.330. The summed E-state index contributed by atoms with van der Waals surface area (Å²) < 4.78 is 46.3. The molecule has 0 saturated carbocycles. The Morgan fingerprint density at radius 3 is 2.48 bits per heavy atom. The molecular weight excluding hydrogens is 662 g/mol. The van der Waals surface area contributed by atoms with E-state index in [4.69, 9.17) is 14.2 Å². The number of para-hydroxylation sites is 1. The van der Waals surface area contributed by atoms with Crippen molar-refractivity contribution in [2.75, 3.05) is 83.6 Å². The summed E-state index contributed by atoms with van der Waals surface area (Å²) in [4.78, 5) is 39.8. The maximum atomic E-state index is 15.1. The Bertz CT molecular complexity index is 1950. The lowest BCUT2D eigenvalue weighted by atomic mass is 9.73. The Morgan fingerprint density at radius 2 is 1.76 bits per heavy atom. The molecule has 1 spiro atoms. The first kappa shape index (κ1) is 33.7. The predicted octanol–water partition coefficient (Wildman–Crippen LogP) is 2.00. The van der Waals surface area contributed by atoms with E-state index in [-0.39, 0.29) is 50.9 Å². The Hall–Kier alpha value is -4.75. The molecule has 50 heavy (non-hydrogen) atoms. The molecule has 7 rings (SSSR count). The molecular formula is C35H39N7O7S. The number of sulfonamides is 1. The molecule has 0 bridgehead atoms. The summed E-state index contributed by atoms with van der Waals surface area (Å²) in [5.74, 6) is -0.883. The van der Waals surface area contributed by atoms with E-state index in [9.17, 15) is 18.5 Å². The summed E-state index contributed by atoms with van der Waals surface area (Å²) in [6.07, 6.45) is 1.49. The van der Waals surface area contributed by atoms with Gasteiger partial charge < -0.3 is 29.3 Å². The molecule has 3 fully saturated rings. The number of rotatable bonds is 10. The van der Waals surface area contributed by atoms with Gasteiger partial charge in [-0.25, -0.2) is 18.2 Å². The molecule has 14 nitrogen and oxygen atoms in total. The van der Waals surface area contributed by atoms with Crippen LogP contribution in [-0.2, 0) is 25.1 Å². The zero-order valence-corrected chi connectivity index (χ0v) is 28.8. The summed E-state index contributed by atoms with van der Waals surface area (Å²) in [6, 6.07) is 15.0. The lowest BCUT2D eigenvalue weighted by molar-refractivity contribution is -0.122. The van der Waals surface area contributed by atoms with E-state index < -0.39 is 27.5 Å². The maximum absolute atomic E-state index is 15.1. The van der Waals surface area contributed by atoms with Crippen LogP contribution in [0.5, 0.6) is 11.6 Å². The van der Waals surface area contributed by atoms with Gasteiger partial charge in [0.25, 0.3) is 15.9 Å². The van der Waals surface area contributed by atoms with Gasteiger partial charge in [-0.1, -0.05) is 12.1 Å². The van der Waals surface area contributed by atoms with E-state index in [1.165, 1.54) is 49.7 Å². The SMILES string of the molecule is CCOc1ncccc1[C@]1(NC(=O)N2CC3(CN(CCN4CCOCC4)C3)C2)C(=O)N(S(=O)(=O)c2ccccc2OC)c2ccc(C#N)cc21. The third-order valence-corrected chi connectivity index (χ3v) is 11.6. The number of amides is 3. The Labute approximate surface area is 291 Å². The summed E-state index contributed by atoms with van der Waals surface area (Å²) in [5, 5.41) is 12.9. The van der Waals surface area contributed by atoms with Gasteiger partial charge in [-0.2, -0.15) is 9.57 Å². The van der Waals surface area contributed by atoms with E-state index >= 15 is 4.79 Å². The van der Waals surface area contributed by atoms with Crippen molar-refractivity contribution in [1.29, 1.82) is 5.26 Å². The smallest absolute Gasteiger partial charge is 0.318 e. The average molecular weight is 702 g/mol. The zero-order valence-electron chi connectivity index (χ0n) is 28.0. The zero-order chi connectivity index (χ0) is 35.1. The van der Waals surface area contributed by atoms with Crippen LogP contribution in [0.3, 0.4) is 0 Å². The Balaban J connectivity index is 1.22. The van der Waals surface area contributed by atoms with Gasteiger partial charge in [-0.05, 0) is 49.4 Å². The van der Waals surface area contributed by atoms with Gasteiger partial charge in [0, 0.05) is 69.5 Å². The third-order valence-electron chi connectivity index (χ3n) is 9.89. The summed E-state index contributed by atoms with van der Waals surface area (Å²) in [5.41, 5.74) is -1.74. The first-order chi connectivity index (χ1) is 24.2. The molecule has 5 heterocycles. The first-order valence-electron chi connectivity index (χ1n) is 16.6. The molecule has 2 aromatic carbocycles. The molecule has 0 radical (unpaired) electrons. The fourth-order valence-corrected chi connectivity index (χ4v) is 9.15. The fraction of sp³-hybridized carbons (Fsp3) is 0.429. The summed E-state index contributed by atoms with van der Waals surface area (Å²) >= 11 is 0. The lowest BCUT2D eigenvalue weighted by Gasteiger charge is -2.60. The molecule has 4 aliphatic heterocycles. The van der Waals surface area contributed by atoms with Crippen LogP contribution >= 0.6 is 0 Å². The van der Waals surface area contributed by atoms with E-state index in [2.05, 4.69) is 26.2 Å². The number of methoxy groups -OCH3 is 1. The Kier molecular flexibility index (Phi) is 8.89. The standard InChI is InChI=1S/C35H39N7O7S/c1-3-49-31-26(7-6-12-37-31)35(38-33(44)41-23-34(24-41)21-40(22-34)14-13-39-15-17-48-18-16-39)27-19-25(20-36)10-11-28(27)42(32(35)43)50(45,46)30-9-5-4-8-29(30)47-2/h4-12,19H,3,13-18,21-24H2,1-2H3,(H,38,44)/t35-/m1/s1. The molecule has 3 aromatic rings. The highest BCUT2D eigenvalue weighted by molar-refractivity contribution is 7.93. The Morgan fingerprint density at radius 1 is 1.02 bits per heavy atom. The molecule has 3 amide bonds. The molecule has 0 unspecified atom stereocenters. The highest BCUT2D eigenvalue weighted by atomic mass is 32.2. The monoisotopic (exact) mass is 701 g/mol. The largest absolute Gasteiger partial charge is 0.495 e. The molecule has 1 atom stereocenters. The molecule has 3 saturated heterocycles. The van der Waals surface area contributed by atoms with Crippen LogP contribution < -0.4 is 19.1 Å². The molecule has 262 valence electrons. The van der Waals surface area contributed by atoms with Crippen molar-refractivity contribution in [3.63, 3.8) is 0 Å². The van der Waals surface area contributed by atoms with Crippen molar-refractivity contribution in [2.24, 2.45) is 5.41 Å². The van der Waals surface area contributed by atoms with E-state index in [0.717, 1.165) is 52.5 Å². The highest BCUT2D eigenvalue weighted by Gasteiger charge is 2.61. The number of likely N-dealkylation sites (tertiary alicyclic amines) is 2. The van der Waals surface area contributed by atoms with Crippen molar-refractivity contribution in [3.8, 4) is 17.7 Å². The van der Waals surface area contributed by atoms with Crippen LogP contribution in [0, 0.1) is 16.7 Å². The minimum atomic E-state index is -4.61. The number of ether oxygens (including phenoxy) is 3. The summed E-state index contributed by atoms with van der Waals surface area (Å²) in [7, 11) is -3.27. The summed E-state index contributed by atoms with van der Waals surface area (Å²) in [6.45, 7) is 9.94. The second-order valence-electron chi connectivity index (χ2n) is 13.1. The number of benzene rings is 2. The number of nitriles is 1. The number of hydrogen-bond donors (Lipinski definition) is 1. The van der Waals surface area contributed by atoms with Crippen LogP contribution in [0.15, 0.2) is 65.7 Å². The molecule has 1 aromatic heterocycles. The van der Waals surface area contributed by atoms with Gasteiger partial charge in [0.15, 0.2) is 5.54 Å². The van der Waals surface area contributed by atoms with Crippen LogP contribution in [0.2, 0.25) is 0 Å². The van der Waals surface area contributed by atoms with Crippen molar-refractivity contribution >= 4 is 27.6 Å². The van der Waals surface area contributed by atoms with Crippen LogP contribution in [0.25, 0.3) is 0 Å². The number of carbonyl (C=O) groups excluding carboxylic acids is 2. The number of morpholine rings is 1. The van der Waals surface area contributed by atoms with Crippen molar-refractivity contribution < 1.29 is 32.2 Å². The van der Waals surface area contributed by atoms with E-state index in [1.807, 2.05) is 0 Å². The molecule has 1 N–H and O–H groups in total. The number of aromatic nitrogens is 1. The highest BCUT2D eigenvalue weighted by Crippen LogP contribution is 2.50. The number of anilines is 1. The van der Waals surface area contributed by atoms with Gasteiger partial charge in [0.05, 0.1) is 49.8 Å². The fourth-order valence-electron chi connectivity index (χ4n) is 7.52. The van der Waals surface area contributed by atoms with Crippen molar-refractivity contribution in [2.45, 2.75) is 17.4 Å². The number of nitrogens with zero attached hydrogens (tertiary/aromatic N) is 6. The number of nitrogens with one attached hydrogen (secondary N) is 1. The van der Waals surface area contributed by atoms with Crippen LogP contribution in [0.4, 0.5) is 10.5 Å². The van der Waals surface area contributed by atoms with Crippen molar-refractivity contribution in [3.05, 3.63) is 77.5 Å². The number of pyridine rings is 1. The minimum absolute atomic E-state index is 0.0125. The normalized spacial score (nSPS) is 21.6. The van der Waals surface area contributed by atoms with Gasteiger partial charge in [-0.3, -0.25) is 9.69 Å². The average Bonchev–Trinajstić information content (AvgIpc) is 3.35. The molecule has 4 aliphatic rings. The van der Waals surface area contributed by atoms with Gasteiger partial charge in [0.1, 0.15) is 10.6 Å².